The number of benzene rings is 2. The van der Waals surface area contributed by atoms with Crippen LogP contribution in [0.5, 0.6) is 0 Å². The third kappa shape index (κ3) is 4.32. The van der Waals surface area contributed by atoms with Crippen molar-refractivity contribution in [3.63, 3.8) is 0 Å². The molecular weight excluding hydrogens is 350 g/mol. The lowest BCUT2D eigenvalue weighted by atomic mass is 10.1. The zero-order valence-electron chi connectivity index (χ0n) is 11.8. The van der Waals surface area contributed by atoms with Gasteiger partial charge in [0, 0.05) is 11.0 Å². The largest absolute Gasteiger partial charge is 0.280 e. The minimum Gasteiger partial charge on any atom is -0.280 e. The molecule has 2 aromatic carbocycles. The molecule has 0 unspecified atom stereocenters. The van der Waals surface area contributed by atoms with Crippen molar-refractivity contribution >= 4 is 31.6 Å². The van der Waals surface area contributed by atoms with E-state index >= 15 is 0 Å². The Morgan fingerprint density at radius 3 is 2.57 bits per heavy atom. The van der Waals surface area contributed by atoms with Gasteiger partial charge in [-0.1, -0.05) is 46.3 Å². The molecular formula is C16H18BrNO2S. The predicted octanol–water partition coefficient (Wildman–Crippen LogP) is 4.12. The molecule has 0 heterocycles. The van der Waals surface area contributed by atoms with Crippen LogP contribution in [0.1, 0.15) is 17.5 Å². The van der Waals surface area contributed by atoms with Crippen molar-refractivity contribution in [1.29, 1.82) is 0 Å². The fourth-order valence-electron chi connectivity index (χ4n) is 2.13. The smallest absolute Gasteiger partial charge is 0.262 e. The van der Waals surface area contributed by atoms with Crippen molar-refractivity contribution in [2.45, 2.75) is 24.7 Å². The van der Waals surface area contributed by atoms with Crippen LogP contribution in [-0.4, -0.2) is 13.7 Å². The Labute approximate surface area is 134 Å². The summed E-state index contributed by atoms with van der Waals surface area (Å²) in [6, 6.07) is 14.5. The highest BCUT2D eigenvalue weighted by atomic mass is 79.9. The van der Waals surface area contributed by atoms with E-state index in [1.54, 1.807) is 31.2 Å². The Kier molecular flexibility index (Phi) is 5.42. The number of nitrogens with one attached hydrogen (secondary N) is 1. The lowest BCUT2D eigenvalue weighted by Gasteiger charge is -2.11. The fraction of sp³-hybridized carbons (Fsp3) is 0.250. The molecule has 0 aliphatic heterocycles. The molecule has 1 N–H and O–H groups in total. The number of anilines is 1. The zero-order valence-corrected chi connectivity index (χ0v) is 14.2. The average molecular weight is 368 g/mol. The van der Waals surface area contributed by atoms with Crippen molar-refractivity contribution in [1.82, 2.24) is 0 Å². The summed E-state index contributed by atoms with van der Waals surface area (Å²) in [6.45, 7) is 1.79. The van der Waals surface area contributed by atoms with Crippen molar-refractivity contribution < 1.29 is 8.42 Å². The van der Waals surface area contributed by atoms with E-state index in [1.165, 1.54) is 0 Å². The van der Waals surface area contributed by atoms with Gasteiger partial charge in [0.05, 0.1) is 4.90 Å². The monoisotopic (exact) mass is 367 g/mol. The van der Waals surface area contributed by atoms with E-state index in [1.807, 2.05) is 24.3 Å². The molecule has 0 radical (unpaired) electrons. The Morgan fingerprint density at radius 1 is 1.10 bits per heavy atom. The molecule has 0 bridgehead atoms. The minimum atomic E-state index is -3.54. The molecule has 0 spiro atoms. The van der Waals surface area contributed by atoms with Crippen LogP contribution >= 0.6 is 15.9 Å². The number of sulfonamides is 1. The van der Waals surface area contributed by atoms with Crippen LogP contribution in [0.15, 0.2) is 53.4 Å². The lowest BCUT2D eigenvalue weighted by molar-refractivity contribution is 0.600. The van der Waals surface area contributed by atoms with E-state index in [2.05, 4.69) is 20.7 Å². The number of rotatable bonds is 6. The van der Waals surface area contributed by atoms with Crippen LogP contribution in [0.3, 0.4) is 0 Å². The maximum Gasteiger partial charge on any atom is 0.262 e. The molecule has 0 atom stereocenters. The Hall–Kier alpha value is -1.33. The van der Waals surface area contributed by atoms with Gasteiger partial charge in [-0.25, -0.2) is 8.42 Å². The number of halogens is 1. The Morgan fingerprint density at radius 2 is 1.86 bits per heavy atom. The number of hydrogen-bond donors (Lipinski definition) is 1. The van der Waals surface area contributed by atoms with Crippen molar-refractivity contribution in [3.8, 4) is 0 Å². The first-order valence-electron chi connectivity index (χ1n) is 6.76. The fourth-order valence-corrected chi connectivity index (χ4v) is 3.71. The van der Waals surface area contributed by atoms with Crippen molar-refractivity contribution in [2.75, 3.05) is 10.1 Å². The lowest BCUT2D eigenvalue weighted by Crippen LogP contribution is -2.14. The second kappa shape index (κ2) is 7.09. The van der Waals surface area contributed by atoms with Gasteiger partial charge in [-0.05, 0) is 49.1 Å². The van der Waals surface area contributed by atoms with Crippen molar-refractivity contribution in [3.05, 3.63) is 59.7 Å². The second-order valence-corrected chi connectivity index (χ2v) is 7.31. The molecule has 3 nitrogen and oxygen atoms in total. The maximum absolute atomic E-state index is 12.4. The molecule has 0 aromatic heterocycles. The molecule has 0 saturated heterocycles. The van der Waals surface area contributed by atoms with E-state index in [0.717, 1.165) is 29.3 Å². The summed E-state index contributed by atoms with van der Waals surface area (Å²) in [7, 11) is -3.54. The van der Waals surface area contributed by atoms with Gasteiger partial charge in [-0.2, -0.15) is 0 Å². The van der Waals surface area contributed by atoms with Crippen LogP contribution in [0.2, 0.25) is 0 Å². The summed E-state index contributed by atoms with van der Waals surface area (Å²) in [6.07, 6.45) is 1.94. The van der Waals surface area contributed by atoms with Crippen LogP contribution in [0, 0.1) is 6.92 Å². The molecule has 0 aliphatic rings. The second-order valence-electron chi connectivity index (χ2n) is 4.86. The first-order valence-corrected chi connectivity index (χ1v) is 9.37. The average Bonchev–Trinajstić information content (AvgIpc) is 2.45. The van der Waals surface area contributed by atoms with Crippen LogP contribution in [0.25, 0.3) is 0 Å². The Balaban J connectivity index is 2.23. The number of aryl methyl sites for hydroxylation is 2. The molecule has 0 amide bonds. The molecule has 112 valence electrons. The van der Waals surface area contributed by atoms with Gasteiger partial charge < -0.3 is 0 Å². The summed E-state index contributed by atoms with van der Waals surface area (Å²) in [4.78, 5) is 0.316. The topological polar surface area (TPSA) is 46.2 Å². The number of hydrogen-bond acceptors (Lipinski definition) is 2. The minimum absolute atomic E-state index is 0.316. The highest BCUT2D eigenvalue weighted by Crippen LogP contribution is 2.20. The van der Waals surface area contributed by atoms with Gasteiger partial charge >= 0.3 is 0 Å². The van der Waals surface area contributed by atoms with Crippen LogP contribution in [-0.2, 0) is 16.4 Å². The summed E-state index contributed by atoms with van der Waals surface area (Å²) < 4.78 is 27.5. The van der Waals surface area contributed by atoms with Gasteiger partial charge in [0.2, 0.25) is 0 Å². The molecule has 21 heavy (non-hydrogen) atoms. The quantitative estimate of drug-likeness (QED) is 0.780. The molecule has 5 heteroatoms. The highest BCUT2D eigenvalue weighted by molar-refractivity contribution is 9.09. The first-order chi connectivity index (χ1) is 10.0. The molecule has 2 aromatic rings. The molecule has 0 aliphatic carbocycles. The third-order valence-electron chi connectivity index (χ3n) is 3.16. The van der Waals surface area contributed by atoms with E-state index in [9.17, 15) is 8.42 Å². The van der Waals surface area contributed by atoms with Gasteiger partial charge in [-0.15, -0.1) is 0 Å². The maximum atomic E-state index is 12.4. The SMILES string of the molecule is Cc1ccccc1S(=O)(=O)Nc1cccc(CCCBr)c1. The number of alkyl halides is 1. The summed E-state index contributed by atoms with van der Waals surface area (Å²) in [5.41, 5.74) is 2.46. The predicted molar refractivity (Wildman–Crippen MR) is 90.5 cm³/mol. The van der Waals surface area contributed by atoms with Crippen LogP contribution < -0.4 is 4.72 Å². The van der Waals surface area contributed by atoms with Gasteiger partial charge in [-0.3, -0.25) is 4.72 Å². The van der Waals surface area contributed by atoms with E-state index in [4.69, 9.17) is 0 Å². The van der Waals surface area contributed by atoms with Crippen LogP contribution in [0.4, 0.5) is 5.69 Å². The molecule has 0 saturated carbocycles. The summed E-state index contributed by atoms with van der Waals surface area (Å²) in [5, 5.41) is 0.937. The third-order valence-corrected chi connectivity index (χ3v) is 5.26. The van der Waals surface area contributed by atoms with Gasteiger partial charge in [0.15, 0.2) is 0 Å². The standard InChI is InChI=1S/C16H18BrNO2S/c1-13-6-2-3-10-16(13)21(19,20)18-15-9-4-7-14(12-15)8-5-11-17/h2-4,6-7,9-10,12,18H,5,8,11H2,1H3. The van der Waals surface area contributed by atoms with Crippen molar-refractivity contribution in [2.24, 2.45) is 0 Å². The Bertz CT molecular complexity index is 714. The van der Waals surface area contributed by atoms with E-state index < -0.39 is 10.0 Å². The van der Waals surface area contributed by atoms with E-state index in [0.29, 0.717) is 10.6 Å². The zero-order chi connectivity index (χ0) is 15.3. The molecule has 2 rings (SSSR count). The van der Waals surface area contributed by atoms with Gasteiger partial charge in [0.1, 0.15) is 0 Å². The highest BCUT2D eigenvalue weighted by Gasteiger charge is 2.16. The summed E-state index contributed by atoms with van der Waals surface area (Å²) in [5.74, 6) is 0. The van der Waals surface area contributed by atoms with Gasteiger partial charge in [0.25, 0.3) is 10.0 Å². The normalized spacial score (nSPS) is 11.3. The van der Waals surface area contributed by atoms with E-state index in [-0.39, 0.29) is 0 Å². The first kappa shape index (κ1) is 16.0. The summed E-state index contributed by atoms with van der Waals surface area (Å²) >= 11 is 3.40. The molecule has 0 fully saturated rings.